The summed E-state index contributed by atoms with van der Waals surface area (Å²) in [7, 11) is 0. The van der Waals surface area contributed by atoms with Crippen LogP contribution in [0.4, 0.5) is 4.39 Å². The van der Waals surface area contributed by atoms with Crippen LogP contribution in [0.2, 0.25) is 0 Å². The van der Waals surface area contributed by atoms with Crippen LogP contribution in [0.5, 0.6) is 0 Å². The summed E-state index contributed by atoms with van der Waals surface area (Å²) >= 11 is 3.28. The van der Waals surface area contributed by atoms with E-state index in [0.29, 0.717) is 17.5 Å². The van der Waals surface area contributed by atoms with Crippen LogP contribution >= 0.6 is 23.5 Å². The minimum Gasteiger partial charge on any atom is -0.396 e. The minimum atomic E-state index is -0.317. The van der Waals surface area contributed by atoms with Crippen molar-refractivity contribution in [2.24, 2.45) is 0 Å². The summed E-state index contributed by atoms with van der Waals surface area (Å²) < 4.78 is 15.1. The summed E-state index contributed by atoms with van der Waals surface area (Å²) in [6.45, 7) is 2.19. The van der Waals surface area contributed by atoms with E-state index >= 15 is 0 Å². The normalized spacial score (nSPS) is 15.0. The summed E-state index contributed by atoms with van der Waals surface area (Å²) in [5.74, 6) is -0.317. The summed E-state index contributed by atoms with van der Waals surface area (Å²) in [6, 6.07) is 8.94. The zero-order chi connectivity index (χ0) is 16.4. The van der Waals surface area contributed by atoms with E-state index in [0.717, 1.165) is 16.0 Å². The number of aliphatic hydroxyl groups excluding tert-OH is 1. The van der Waals surface area contributed by atoms with Gasteiger partial charge in [-0.3, -0.25) is 0 Å². The molecule has 0 atom stereocenters. The first kappa shape index (κ1) is 16.3. The average molecular weight is 345 g/mol. The Labute approximate surface area is 143 Å². The van der Waals surface area contributed by atoms with Gasteiger partial charge in [-0.25, -0.2) is 4.39 Å². The van der Waals surface area contributed by atoms with E-state index in [1.807, 2.05) is 6.08 Å². The number of aliphatic hydroxyl groups is 1. The van der Waals surface area contributed by atoms with Gasteiger partial charge < -0.3 is 10.5 Å². The highest BCUT2D eigenvalue weighted by Crippen LogP contribution is 2.54. The Balaban J connectivity index is 1.94. The van der Waals surface area contributed by atoms with Crippen molar-refractivity contribution >= 4 is 35.8 Å². The lowest BCUT2D eigenvalue weighted by atomic mass is 10.1. The molecule has 2 aromatic carbocycles. The van der Waals surface area contributed by atoms with E-state index in [2.05, 4.69) is 19.1 Å². The van der Waals surface area contributed by atoms with Crippen LogP contribution in [-0.4, -0.2) is 17.9 Å². The van der Waals surface area contributed by atoms with Gasteiger partial charge in [-0.15, -0.1) is 0 Å². The molecular formula is C18H16FNOS2. The number of halogens is 1. The topological polar surface area (TPSA) is 44.1 Å². The molecule has 2 N–H and O–H groups in total. The smallest absolute Gasteiger partial charge is 0.131 e. The second-order valence-electron chi connectivity index (χ2n) is 5.27. The SMILES string of the molecule is Cc1ccc(CCO)c2c1S/C(=C/c1ccc(C=N)cc1F)S2. The first-order valence-corrected chi connectivity index (χ1v) is 8.86. The fourth-order valence-corrected chi connectivity index (χ4v) is 5.11. The molecule has 0 spiro atoms. The number of rotatable bonds is 4. The molecule has 23 heavy (non-hydrogen) atoms. The zero-order valence-electron chi connectivity index (χ0n) is 12.6. The van der Waals surface area contributed by atoms with Crippen molar-refractivity contribution in [2.45, 2.75) is 23.1 Å². The Morgan fingerprint density at radius 3 is 2.65 bits per heavy atom. The van der Waals surface area contributed by atoms with Crippen molar-refractivity contribution in [3.05, 3.63) is 62.6 Å². The molecule has 1 heterocycles. The summed E-state index contributed by atoms with van der Waals surface area (Å²) in [5, 5.41) is 16.4. The van der Waals surface area contributed by atoms with Gasteiger partial charge in [-0.1, -0.05) is 47.8 Å². The fraction of sp³-hybridized carbons (Fsp3) is 0.167. The summed E-state index contributed by atoms with van der Waals surface area (Å²) in [5.41, 5.74) is 3.41. The molecule has 0 unspecified atom stereocenters. The van der Waals surface area contributed by atoms with Gasteiger partial charge in [0.25, 0.3) is 0 Å². The molecule has 3 rings (SSSR count). The van der Waals surface area contributed by atoms with Crippen LogP contribution in [0.3, 0.4) is 0 Å². The van der Waals surface area contributed by atoms with Gasteiger partial charge in [0.2, 0.25) is 0 Å². The number of fused-ring (bicyclic) bond motifs is 1. The molecule has 1 aliphatic rings. The highest BCUT2D eigenvalue weighted by molar-refractivity contribution is 8.25. The molecule has 0 radical (unpaired) electrons. The Bertz CT molecular complexity index is 802. The molecule has 0 fully saturated rings. The Morgan fingerprint density at radius 2 is 1.96 bits per heavy atom. The maximum atomic E-state index is 14.1. The summed E-state index contributed by atoms with van der Waals surface area (Å²) in [4.78, 5) is 2.37. The molecule has 0 amide bonds. The highest BCUT2D eigenvalue weighted by atomic mass is 32.2. The molecule has 0 bridgehead atoms. The lowest BCUT2D eigenvalue weighted by molar-refractivity contribution is 0.298. The zero-order valence-corrected chi connectivity index (χ0v) is 14.2. The number of nitrogens with one attached hydrogen (secondary N) is 1. The van der Waals surface area contributed by atoms with Crippen molar-refractivity contribution in [3.63, 3.8) is 0 Å². The van der Waals surface area contributed by atoms with Gasteiger partial charge in [0.05, 0.1) is 4.24 Å². The van der Waals surface area contributed by atoms with Crippen LogP contribution < -0.4 is 0 Å². The van der Waals surface area contributed by atoms with Gasteiger partial charge in [0, 0.05) is 28.2 Å². The van der Waals surface area contributed by atoms with E-state index in [1.54, 1.807) is 35.7 Å². The molecule has 0 saturated carbocycles. The van der Waals surface area contributed by atoms with Crippen molar-refractivity contribution in [3.8, 4) is 0 Å². The molecule has 2 aromatic rings. The van der Waals surface area contributed by atoms with E-state index in [4.69, 9.17) is 5.41 Å². The standard InChI is InChI=1S/C18H16FNOS2/c1-11-2-4-13(6-7-21)18-17(11)22-16(23-18)9-14-5-3-12(10-20)8-15(14)19/h2-5,8-10,20-21H,6-7H2,1H3/b16-9-,20-10?. The molecule has 5 heteroatoms. The van der Waals surface area contributed by atoms with Gasteiger partial charge in [-0.05, 0) is 42.2 Å². The quantitative estimate of drug-likeness (QED) is 0.778. The van der Waals surface area contributed by atoms with Crippen LogP contribution in [0.15, 0.2) is 44.4 Å². The van der Waals surface area contributed by atoms with Crippen LogP contribution in [-0.2, 0) is 6.42 Å². The van der Waals surface area contributed by atoms with Crippen LogP contribution in [0.1, 0.15) is 22.3 Å². The highest BCUT2D eigenvalue weighted by Gasteiger charge is 2.22. The second-order valence-corrected chi connectivity index (χ2v) is 7.63. The van der Waals surface area contributed by atoms with Crippen molar-refractivity contribution in [1.29, 1.82) is 5.41 Å². The first-order chi connectivity index (χ1) is 11.1. The van der Waals surface area contributed by atoms with Gasteiger partial charge >= 0.3 is 0 Å². The number of hydrogen-bond acceptors (Lipinski definition) is 4. The molecule has 1 aliphatic heterocycles. The lowest BCUT2D eigenvalue weighted by Gasteiger charge is -2.07. The Kier molecular flexibility index (Phi) is 4.90. The number of hydrogen-bond donors (Lipinski definition) is 2. The lowest BCUT2D eigenvalue weighted by Crippen LogP contribution is -1.94. The van der Waals surface area contributed by atoms with Crippen LogP contribution in [0, 0.1) is 18.2 Å². The molecule has 0 saturated heterocycles. The third-order valence-corrected chi connectivity index (χ3v) is 6.31. The number of benzene rings is 2. The molecular weight excluding hydrogens is 329 g/mol. The predicted molar refractivity (Wildman–Crippen MR) is 95.9 cm³/mol. The van der Waals surface area contributed by atoms with E-state index in [9.17, 15) is 9.50 Å². The predicted octanol–water partition coefficient (Wildman–Crippen LogP) is 4.86. The molecule has 118 valence electrons. The largest absolute Gasteiger partial charge is 0.396 e. The Hall–Kier alpha value is -1.56. The van der Waals surface area contributed by atoms with Crippen molar-refractivity contribution in [2.75, 3.05) is 6.61 Å². The van der Waals surface area contributed by atoms with Gasteiger partial charge in [-0.2, -0.15) is 0 Å². The average Bonchev–Trinajstić information content (AvgIpc) is 2.97. The Morgan fingerprint density at radius 1 is 1.17 bits per heavy atom. The number of aryl methyl sites for hydroxylation is 1. The van der Waals surface area contributed by atoms with Crippen molar-refractivity contribution in [1.82, 2.24) is 0 Å². The van der Waals surface area contributed by atoms with E-state index < -0.39 is 0 Å². The van der Waals surface area contributed by atoms with Crippen molar-refractivity contribution < 1.29 is 9.50 Å². The molecule has 0 aromatic heterocycles. The summed E-state index contributed by atoms with van der Waals surface area (Å²) in [6.07, 6.45) is 3.62. The molecule has 0 aliphatic carbocycles. The van der Waals surface area contributed by atoms with Gasteiger partial charge in [0.1, 0.15) is 5.82 Å². The second kappa shape index (κ2) is 6.91. The third kappa shape index (κ3) is 3.37. The molecule has 2 nitrogen and oxygen atoms in total. The van der Waals surface area contributed by atoms with Crippen LogP contribution in [0.25, 0.3) is 6.08 Å². The number of thioether (sulfide) groups is 2. The fourth-order valence-electron chi connectivity index (χ4n) is 2.42. The first-order valence-electron chi connectivity index (χ1n) is 7.23. The minimum absolute atomic E-state index is 0.124. The van der Waals surface area contributed by atoms with Gasteiger partial charge in [0.15, 0.2) is 0 Å². The van der Waals surface area contributed by atoms with E-state index in [-0.39, 0.29) is 12.4 Å². The maximum Gasteiger partial charge on any atom is 0.131 e. The third-order valence-electron chi connectivity index (χ3n) is 3.64. The monoisotopic (exact) mass is 345 g/mol. The van der Waals surface area contributed by atoms with E-state index in [1.165, 1.54) is 21.4 Å². The maximum absolute atomic E-state index is 14.1.